The first kappa shape index (κ1) is 16.8. The fourth-order valence-corrected chi connectivity index (χ4v) is 3.78. The minimum atomic E-state index is -0.159. The Morgan fingerprint density at radius 3 is 2.57 bits per heavy atom. The Morgan fingerprint density at radius 1 is 0.964 bits per heavy atom. The molecule has 0 saturated carbocycles. The lowest BCUT2D eigenvalue weighted by Crippen LogP contribution is -2.37. The lowest BCUT2D eigenvalue weighted by molar-refractivity contribution is -0.139. The van der Waals surface area contributed by atoms with Crippen LogP contribution in [-0.2, 0) is 4.79 Å². The Labute approximate surface area is 162 Å². The van der Waals surface area contributed by atoms with Crippen molar-refractivity contribution in [3.05, 3.63) is 66.7 Å². The summed E-state index contributed by atoms with van der Waals surface area (Å²) < 4.78 is 11.6. The highest BCUT2D eigenvalue weighted by Gasteiger charge is 2.28. The van der Waals surface area contributed by atoms with Crippen molar-refractivity contribution in [1.82, 2.24) is 4.98 Å². The summed E-state index contributed by atoms with van der Waals surface area (Å²) in [5.41, 5.74) is 1.64. The largest absolute Gasteiger partial charge is 0.426 e. The number of fused-ring (bicyclic) bond motifs is 2. The summed E-state index contributed by atoms with van der Waals surface area (Å²) in [5, 5.41) is 2.03. The van der Waals surface area contributed by atoms with E-state index in [9.17, 15) is 4.79 Å². The molecular formula is C23H20N2O3. The molecule has 2 heterocycles. The first-order chi connectivity index (χ1) is 13.8. The van der Waals surface area contributed by atoms with Crippen LogP contribution in [0.5, 0.6) is 5.75 Å². The maximum absolute atomic E-state index is 12.7. The molecule has 0 amide bonds. The minimum Gasteiger partial charge on any atom is -0.426 e. The molecule has 0 aliphatic carbocycles. The van der Waals surface area contributed by atoms with E-state index in [0.29, 0.717) is 11.8 Å². The zero-order valence-electron chi connectivity index (χ0n) is 15.4. The van der Waals surface area contributed by atoms with Gasteiger partial charge in [0.1, 0.15) is 11.3 Å². The van der Waals surface area contributed by atoms with Crippen LogP contribution in [0.4, 0.5) is 6.01 Å². The van der Waals surface area contributed by atoms with Crippen LogP contribution in [0.25, 0.3) is 21.9 Å². The third kappa shape index (κ3) is 3.09. The predicted molar refractivity (Wildman–Crippen MR) is 109 cm³/mol. The van der Waals surface area contributed by atoms with Gasteiger partial charge in [-0.3, -0.25) is 4.79 Å². The Morgan fingerprint density at radius 2 is 1.71 bits per heavy atom. The average Bonchev–Trinajstić information content (AvgIpc) is 3.18. The molecule has 28 heavy (non-hydrogen) atoms. The summed E-state index contributed by atoms with van der Waals surface area (Å²) in [6.07, 6.45) is 1.45. The highest BCUT2D eigenvalue weighted by atomic mass is 16.5. The van der Waals surface area contributed by atoms with Crippen molar-refractivity contribution >= 4 is 33.9 Å². The third-order valence-corrected chi connectivity index (χ3v) is 5.34. The molecule has 1 saturated heterocycles. The van der Waals surface area contributed by atoms with Crippen LogP contribution >= 0.6 is 0 Å². The maximum Gasteiger partial charge on any atom is 0.314 e. The SMILES string of the molecule is O=C(Oc1cccc2ccccc12)C1CCN(c2nc3ccccc3o2)CC1. The van der Waals surface area contributed by atoms with Gasteiger partial charge in [0, 0.05) is 18.5 Å². The van der Waals surface area contributed by atoms with Gasteiger partial charge in [0.15, 0.2) is 5.58 Å². The second-order valence-corrected chi connectivity index (χ2v) is 7.12. The number of esters is 1. The van der Waals surface area contributed by atoms with Crippen molar-refractivity contribution < 1.29 is 13.9 Å². The maximum atomic E-state index is 12.7. The van der Waals surface area contributed by atoms with E-state index in [1.807, 2.05) is 66.7 Å². The molecule has 0 spiro atoms. The van der Waals surface area contributed by atoms with Crippen LogP contribution in [-0.4, -0.2) is 24.0 Å². The normalized spacial score (nSPS) is 15.2. The lowest BCUT2D eigenvalue weighted by Gasteiger charge is -2.29. The summed E-state index contributed by atoms with van der Waals surface area (Å²) in [5.74, 6) is 0.359. The average molecular weight is 372 g/mol. The summed E-state index contributed by atoms with van der Waals surface area (Å²) >= 11 is 0. The fourth-order valence-electron chi connectivity index (χ4n) is 3.78. The van der Waals surface area contributed by atoms with Crippen LogP contribution in [0.15, 0.2) is 71.1 Å². The number of hydrogen-bond acceptors (Lipinski definition) is 5. The molecule has 5 rings (SSSR count). The molecule has 3 aromatic carbocycles. The second-order valence-electron chi connectivity index (χ2n) is 7.12. The second kappa shape index (κ2) is 7.00. The molecule has 1 fully saturated rings. The van der Waals surface area contributed by atoms with Crippen molar-refractivity contribution in [1.29, 1.82) is 0 Å². The number of rotatable bonds is 3. The van der Waals surface area contributed by atoms with Gasteiger partial charge < -0.3 is 14.1 Å². The highest BCUT2D eigenvalue weighted by molar-refractivity contribution is 5.90. The van der Waals surface area contributed by atoms with Gasteiger partial charge in [-0.1, -0.05) is 48.5 Å². The number of oxazole rings is 1. The van der Waals surface area contributed by atoms with Gasteiger partial charge in [-0.15, -0.1) is 0 Å². The number of nitrogens with zero attached hydrogens (tertiary/aromatic N) is 2. The molecule has 1 aromatic heterocycles. The van der Waals surface area contributed by atoms with Crippen LogP contribution < -0.4 is 9.64 Å². The Kier molecular flexibility index (Phi) is 4.20. The zero-order chi connectivity index (χ0) is 18.9. The van der Waals surface area contributed by atoms with Gasteiger partial charge in [0.2, 0.25) is 0 Å². The highest BCUT2D eigenvalue weighted by Crippen LogP contribution is 2.29. The van der Waals surface area contributed by atoms with E-state index >= 15 is 0 Å². The Balaban J connectivity index is 1.26. The minimum absolute atomic E-state index is 0.111. The van der Waals surface area contributed by atoms with Crippen LogP contribution in [0.1, 0.15) is 12.8 Å². The number of benzene rings is 3. The predicted octanol–water partition coefficient (Wildman–Crippen LogP) is 4.80. The van der Waals surface area contributed by atoms with Crippen molar-refractivity contribution in [2.75, 3.05) is 18.0 Å². The van der Waals surface area contributed by atoms with E-state index in [4.69, 9.17) is 9.15 Å². The molecule has 0 atom stereocenters. The van der Waals surface area contributed by atoms with Crippen LogP contribution in [0, 0.1) is 5.92 Å². The lowest BCUT2D eigenvalue weighted by atomic mass is 9.97. The molecule has 0 bridgehead atoms. The zero-order valence-corrected chi connectivity index (χ0v) is 15.4. The number of carbonyl (C=O) groups excluding carboxylic acids is 1. The smallest absolute Gasteiger partial charge is 0.314 e. The molecule has 1 aliphatic rings. The van der Waals surface area contributed by atoms with E-state index in [0.717, 1.165) is 47.8 Å². The molecule has 0 radical (unpaired) electrons. The van der Waals surface area contributed by atoms with Gasteiger partial charge >= 0.3 is 5.97 Å². The van der Waals surface area contributed by atoms with Crippen LogP contribution in [0.2, 0.25) is 0 Å². The number of para-hydroxylation sites is 2. The number of carbonyl (C=O) groups is 1. The van der Waals surface area contributed by atoms with Gasteiger partial charge in [-0.2, -0.15) is 4.98 Å². The Hall–Kier alpha value is -3.34. The monoisotopic (exact) mass is 372 g/mol. The van der Waals surface area contributed by atoms with Crippen molar-refractivity contribution in [2.24, 2.45) is 5.92 Å². The van der Waals surface area contributed by atoms with Gasteiger partial charge in [0.05, 0.1) is 5.92 Å². The van der Waals surface area contributed by atoms with Crippen molar-refractivity contribution in [3.8, 4) is 5.75 Å². The number of piperidine rings is 1. The van der Waals surface area contributed by atoms with Crippen molar-refractivity contribution in [3.63, 3.8) is 0 Å². The van der Waals surface area contributed by atoms with E-state index in [1.54, 1.807) is 0 Å². The number of ether oxygens (including phenoxy) is 1. The van der Waals surface area contributed by atoms with E-state index in [1.165, 1.54) is 0 Å². The third-order valence-electron chi connectivity index (χ3n) is 5.34. The molecule has 0 N–H and O–H groups in total. The molecule has 0 unspecified atom stereocenters. The first-order valence-corrected chi connectivity index (χ1v) is 9.58. The van der Waals surface area contributed by atoms with E-state index in [-0.39, 0.29) is 11.9 Å². The first-order valence-electron chi connectivity index (χ1n) is 9.58. The summed E-state index contributed by atoms with van der Waals surface area (Å²) in [4.78, 5) is 19.4. The van der Waals surface area contributed by atoms with E-state index < -0.39 is 0 Å². The van der Waals surface area contributed by atoms with E-state index in [2.05, 4.69) is 9.88 Å². The van der Waals surface area contributed by atoms with Crippen LogP contribution in [0.3, 0.4) is 0 Å². The van der Waals surface area contributed by atoms with Gasteiger partial charge in [0.25, 0.3) is 6.01 Å². The molecule has 5 heteroatoms. The Bertz CT molecular complexity index is 1100. The summed E-state index contributed by atoms with van der Waals surface area (Å²) in [6, 6.07) is 22.1. The topological polar surface area (TPSA) is 55.6 Å². The quantitative estimate of drug-likeness (QED) is 0.382. The molecule has 140 valence electrons. The number of hydrogen-bond donors (Lipinski definition) is 0. The van der Waals surface area contributed by atoms with Gasteiger partial charge in [-0.25, -0.2) is 0 Å². The number of aromatic nitrogens is 1. The standard InChI is InChI=1S/C23H20N2O3/c26-22(27-20-11-5-7-16-6-1-2-8-18(16)20)17-12-14-25(15-13-17)23-24-19-9-3-4-10-21(19)28-23/h1-11,17H,12-15H2. The van der Waals surface area contributed by atoms with Crippen molar-refractivity contribution in [2.45, 2.75) is 12.8 Å². The molecular weight excluding hydrogens is 352 g/mol. The molecule has 4 aromatic rings. The fraction of sp³-hybridized carbons (Fsp3) is 0.217. The summed E-state index contributed by atoms with van der Waals surface area (Å²) in [7, 11) is 0. The molecule has 1 aliphatic heterocycles. The molecule has 5 nitrogen and oxygen atoms in total. The number of anilines is 1. The summed E-state index contributed by atoms with van der Waals surface area (Å²) in [6.45, 7) is 1.45. The van der Waals surface area contributed by atoms with Gasteiger partial charge in [-0.05, 0) is 36.4 Å².